The fourth-order valence-electron chi connectivity index (χ4n) is 4.44. The summed E-state index contributed by atoms with van der Waals surface area (Å²) in [6, 6.07) is 24.5. The minimum atomic E-state index is -0.0995. The van der Waals surface area contributed by atoms with Gasteiger partial charge in [-0.15, -0.1) is 0 Å². The molecule has 0 bridgehead atoms. The summed E-state index contributed by atoms with van der Waals surface area (Å²) in [6.45, 7) is 0.386. The average Bonchev–Trinajstić information content (AvgIpc) is 3.40. The van der Waals surface area contributed by atoms with Crippen LogP contribution in [0.1, 0.15) is 46.6 Å². The monoisotopic (exact) mass is 410 g/mol. The van der Waals surface area contributed by atoms with Crippen LogP contribution in [0.4, 0.5) is 0 Å². The summed E-state index contributed by atoms with van der Waals surface area (Å²) in [5.74, 6) is 0.644. The van der Waals surface area contributed by atoms with Crippen LogP contribution in [0.15, 0.2) is 83.5 Å². The second-order valence-electron chi connectivity index (χ2n) is 8.07. The Kier molecular flexibility index (Phi) is 5.44. The number of amides is 1. The molecule has 0 saturated carbocycles. The summed E-state index contributed by atoms with van der Waals surface area (Å²) in [7, 11) is 0. The van der Waals surface area contributed by atoms with Gasteiger partial charge in [0.15, 0.2) is 0 Å². The van der Waals surface area contributed by atoms with Gasteiger partial charge in [0.25, 0.3) is 5.91 Å². The molecule has 0 atom stereocenters. The molecule has 1 aliphatic rings. The van der Waals surface area contributed by atoms with Crippen LogP contribution in [0.5, 0.6) is 0 Å². The van der Waals surface area contributed by atoms with Crippen molar-refractivity contribution in [2.75, 3.05) is 0 Å². The van der Waals surface area contributed by atoms with Gasteiger partial charge in [-0.1, -0.05) is 36.8 Å². The average molecular weight is 411 g/mol. The summed E-state index contributed by atoms with van der Waals surface area (Å²) in [5.41, 5.74) is 7.06. The molecule has 1 N–H and O–H groups in total. The molecule has 31 heavy (non-hydrogen) atoms. The Balaban J connectivity index is 1.46. The number of carbonyl (C=O) groups excluding carboxylic acids is 1. The van der Waals surface area contributed by atoms with Gasteiger partial charge in [-0.25, -0.2) is 0 Å². The summed E-state index contributed by atoms with van der Waals surface area (Å²) < 4.78 is 7.68. The van der Waals surface area contributed by atoms with Gasteiger partial charge in [-0.3, -0.25) is 4.79 Å². The number of hydrogen-bond donors (Lipinski definition) is 1. The lowest BCUT2D eigenvalue weighted by Crippen LogP contribution is -2.22. The zero-order chi connectivity index (χ0) is 21.0. The summed E-state index contributed by atoms with van der Waals surface area (Å²) in [4.78, 5) is 12.5. The zero-order valence-electron chi connectivity index (χ0n) is 17.5. The number of aromatic nitrogens is 1. The van der Waals surface area contributed by atoms with Gasteiger partial charge < -0.3 is 14.3 Å². The first-order valence-corrected chi connectivity index (χ1v) is 11.0. The van der Waals surface area contributed by atoms with Crippen LogP contribution in [0.25, 0.3) is 16.9 Å². The number of nitrogens with zero attached hydrogens (tertiary/aromatic N) is 1. The molecular formula is C27H26N2O2. The van der Waals surface area contributed by atoms with E-state index in [2.05, 4.69) is 58.4 Å². The molecule has 2 aromatic carbocycles. The molecule has 4 nitrogen and oxygen atoms in total. The first kappa shape index (κ1) is 19.4. The van der Waals surface area contributed by atoms with Crippen LogP contribution in [-0.4, -0.2) is 10.5 Å². The maximum Gasteiger partial charge on any atom is 0.251 e. The van der Waals surface area contributed by atoms with E-state index in [0.717, 1.165) is 24.3 Å². The van der Waals surface area contributed by atoms with E-state index in [-0.39, 0.29) is 5.91 Å². The van der Waals surface area contributed by atoms with E-state index in [0.29, 0.717) is 12.1 Å². The molecule has 0 fully saturated rings. The molecule has 0 spiro atoms. The third kappa shape index (κ3) is 4.06. The number of fused-ring (bicyclic) bond motifs is 1. The zero-order valence-corrected chi connectivity index (χ0v) is 17.5. The Labute approximate surface area is 182 Å². The summed E-state index contributed by atoms with van der Waals surface area (Å²) in [5, 5.41) is 2.91. The SMILES string of the molecule is O=C(NCc1ccco1)c1ccc(-n2c(-c3ccccc3)cc3c2CCCCC3)cc1. The van der Waals surface area contributed by atoms with Crippen LogP contribution >= 0.6 is 0 Å². The highest BCUT2D eigenvalue weighted by Crippen LogP contribution is 2.33. The van der Waals surface area contributed by atoms with Gasteiger partial charge >= 0.3 is 0 Å². The highest BCUT2D eigenvalue weighted by atomic mass is 16.3. The van der Waals surface area contributed by atoms with Crippen LogP contribution in [-0.2, 0) is 19.4 Å². The van der Waals surface area contributed by atoms with E-state index in [4.69, 9.17) is 4.42 Å². The molecule has 2 aromatic heterocycles. The molecule has 5 rings (SSSR count). The van der Waals surface area contributed by atoms with Crippen molar-refractivity contribution < 1.29 is 9.21 Å². The lowest BCUT2D eigenvalue weighted by atomic mass is 10.1. The molecule has 4 heteroatoms. The van der Waals surface area contributed by atoms with Crippen molar-refractivity contribution in [1.82, 2.24) is 9.88 Å². The van der Waals surface area contributed by atoms with E-state index in [9.17, 15) is 4.79 Å². The smallest absolute Gasteiger partial charge is 0.251 e. The van der Waals surface area contributed by atoms with Gasteiger partial charge in [0.1, 0.15) is 5.76 Å². The Morgan fingerprint density at radius 3 is 2.48 bits per heavy atom. The fourth-order valence-corrected chi connectivity index (χ4v) is 4.44. The van der Waals surface area contributed by atoms with Gasteiger partial charge in [0, 0.05) is 16.9 Å². The van der Waals surface area contributed by atoms with Crippen molar-refractivity contribution in [3.8, 4) is 16.9 Å². The number of benzene rings is 2. The van der Waals surface area contributed by atoms with Crippen LogP contribution in [0.2, 0.25) is 0 Å². The number of furan rings is 1. The molecule has 156 valence electrons. The minimum Gasteiger partial charge on any atom is -0.467 e. The molecular weight excluding hydrogens is 384 g/mol. The number of hydrogen-bond acceptors (Lipinski definition) is 2. The quantitative estimate of drug-likeness (QED) is 0.414. The maximum absolute atomic E-state index is 12.5. The summed E-state index contributed by atoms with van der Waals surface area (Å²) >= 11 is 0. The Bertz CT molecular complexity index is 1160. The highest BCUT2D eigenvalue weighted by molar-refractivity contribution is 5.94. The van der Waals surface area contributed by atoms with E-state index >= 15 is 0 Å². The summed E-state index contributed by atoms with van der Waals surface area (Å²) in [6.07, 6.45) is 7.59. The first-order valence-electron chi connectivity index (χ1n) is 11.0. The normalized spacial score (nSPS) is 13.4. The number of carbonyl (C=O) groups is 1. The third-order valence-corrected chi connectivity index (χ3v) is 6.01. The van der Waals surface area contributed by atoms with E-state index < -0.39 is 0 Å². The Morgan fingerprint density at radius 2 is 1.71 bits per heavy atom. The molecule has 0 aliphatic heterocycles. The third-order valence-electron chi connectivity index (χ3n) is 6.01. The maximum atomic E-state index is 12.5. The standard InChI is InChI=1S/C27H26N2O2/c30-27(28-19-24-11-7-17-31-24)21-13-15-23(16-14-21)29-25-12-6-2-5-10-22(25)18-26(29)20-8-3-1-4-9-20/h1,3-4,7-9,11,13-18H,2,5-6,10,12,19H2,(H,28,30). The number of rotatable bonds is 5. The van der Waals surface area contributed by atoms with Crippen LogP contribution in [0, 0.1) is 0 Å². The van der Waals surface area contributed by atoms with Crippen molar-refractivity contribution in [3.05, 3.63) is 102 Å². The van der Waals surface area contributed by atoms with Gasteiger partial charge in [0.2, 0.25) is 0 Å². The minimum absolute atomic E-state index is 0.0995. The second-order valence-corrected chi connectivity index (χ2v) is 8.07. The van der Waals surface area contributed by atoms with Crippen molar-refractivity contribution >= 4 is 5.91 Å². The fraction of sp³-hybridized carbons (Fsp3) is 0.222. The molecule has 4 aromatic rings. The van der Waals surface area contributed by atoms with E-state index in [1.54, 1.807) is 6.26 Å². The van der Waals surface area contributed by atoms with Crippen molar-refractivity contribution in [2.24, 2.45) is 0 Å². The van der Waals surface area contributed by atoms with Crippen LogP contribution in [0.3, 0.4) is 0 Å². The van der Waals surface area contributed by atoms with Gasteiger partial charge in [-0.05, 0) is 79.3 Å². The lowest BCUT2D eigenvalue weighted by Gasteiger charge is -2.15. The van der Waals surface area contributed by atoms with Crippen LogP contribution < -0.4 is 5.32 Å². The van der Waals surface area contributed by atoms with Crippen molar-refractivity contribution in [1.29, 1.82) is 0 Å². The Morgan fingerprint density at radius 1 is 0.903 bits per heavy atom. The Hall–Kier alpha value is -3.53. The number of aryl methyl sites for hydroxylation is 1. The highest BCUT2D eigenvalue weighted by Gasteiger charge is 2.19. The molecule has 0 radical (unpaired) electrons. The molecule has 2 heterocycles. The molecule has 1 aliphatic carbocycles. The predicted molar refractivity (Wildman–Crippen MR) is 122 cm³/mol. The predicted octanol–water partition coefficient (Wildman–Crippen LogP) is 5.94. The lowest BCUT2D eigenvalue weighted by molar-refractivity contribution is 0.0948. The topological polar surface area (TPSA) is 47.2 Å². The molecule has 1 amide bonds. The van der Waals surface area contributed by atoms with Gasteiger partial charge in [-0.2, -0.15) is 0 Å². The van der Waals surface area contributed by atoms with Crippen molar-refractivity contribution in [2.45, 2.75) is 38.6 Å². The second kappa shape index (κ2) is 8.68. The van der Waals surface area contributed by atoms with E-state index in [1.165, 1.54) is 41.8 Å². The van der Waals surface area contributed by atoms with Gasteiger partial charge in [0.05, 0.1) is 18.5 Å². The molecule has 0 saturated heterocycles. The largest absolute Gasteiger partial charge is 0.467 e. The van der Waals surface area contributed by atoms with E-state index in [1.807, 2.05) is 24.3 Å². The first-order chi connectivity index (χ1) is 15.3. The number of nitrogens with one attached hydrogen (secondary N) is 1. The van der Waals surface area contributed by atoms with Crippen molar-refractivity contribution in [3.63, 3.8) is 0 Å². The molecule has 0 unspecified atom stereocenters.